The van der Waals surface area contributed by atoms with Crippen molar-refractivity contribution in [2.75, 3.05) is 13.7 Å². The molecule has 0 unspecified atom stereocenters. The second-order valence-electron chi connectivity index (χ2n) is 3.68. The van der Waals surface area contributed by atoms with Crippen LogP contribution in [0.5, 0.6) is 5.75 Å². The zero-order valence-corrected chi connectivity index (χ0v) is 10.3. The van der Waals surface area contributed by atoms with Crippen LogP contribution in [-0.2, 0) is 4.79 Å². The standard InChI is InChI=1S/C13H15F2NO2/c1-9(17)16-6-4-3-5-10-7-11(14)12(15)8-13(10)18-2/h3,5,7-8H,4,6H2,1-2H3,(H,16,17). The fourth-order valence-electron chi connectivity index (χ4n) is 1.39. The number of hydrogen-bond donors (Lipinski definition) is 1. The van der Waals surface area contributed by atoms with Crippen molar-refractivity contribution in [2.24, 2.45) is 0 Å². The molecule has 0 saturated carbocycles. The van der Waals surface area contributed by atoms with Gasteiger partial charge in [0.2, 0.25) is 5.91 Å². The summed E-state index contributed by atoms with van der Waals surface area (Å²) in [4.78, 5) is 10.6. The number of benzene rings is 1. The van der Waals surface area contributed by atoms with Crippen molar-refractivity contribution >= 4 is 12.0 Å². The molecule has 18 heavy (non-hydrogen) atoms. The first kappa shape index (κ1) is 14.2. The zero-order chi connectivity index (χ0) is 13.5. The molecule has 0 aliphatic rings. The minimum absolute atomic E-state index is 0.103. The number of nitrogens with one attached hydrogen (secondary N) is 1. The molecule has 1 N–H and O–H groups in total. The number of rotatable bonds is 5. The maximum Gasteiger partial charge on any atom is 0.216 e. The van der Waals surface area contributed by atoms with Crippen molar-refractivity contribution in [1.82, 2.24) is 5.32 Å². The predicted octanol–water partition coefficient (Wildman–Crippen LogP) is 2.51. The Labute approximate surface area is 104 Å². The smallest absolute Gasteiger partial charge is 0.216 e. The van der Waals surface area contributed by atoms with Crippen molar-refractivity contribution in [3.8, 4) is 5.75 Å². The number of carbonyl (C=O) groups is 1. The minimum atomic E-state index is -0.942. The van der Waals surface area contributed by atoms with Crippen LogP contribution in [0, 0.1) is 11.6 Å². The van der Waals surface area contributed by atoms with E-state index in [2.05, 4.69) is 5.32 Å². The summed E-state index contributed by atoms with van der Waals surface area (Å²) in [5.41, 5.74) is 0.458. The molecule has 0 spiro atoms. The van der Waals surface area contributed by atoms with Crippen LogP contribution in [0.15, 0.2) is 18.2 Å². The predicted molar refractivity (Wildman–Crippen MR) is 65.2 cm³/mol. The number of carbonyl (C=O) groups excluding carboxylic acids is 1. The molecule has 0 bridgehead atoms. The third-order valence-corrected chi connectivity index (χ3v) is 2.25. The van der Waals surface area contributed by atoms with Gasteiger partial charge >= 0.3 is 0 Å². The molecule has 0 saturated heterocycles. The lowest BCUT2D eigenvalue weighted by Gasteiger charge is -2.05. The number of ether oxygens (including phenoxy) is 1. The van der Waals surface area contributed by atoms with Gasteiger partial charge in [0.05, 0.1) is 7.11 Å². The van der Waals surface area contributed by atoms with Crippen molar-refractivity contribution in [1.29, 1.82) is 0 Å². The first-order valence-corrected chi connectivity index (χ1v) is 5.48. The molecule has 3 nitrogen and oxygen atoms in total. The van der Waals surface area contributed by atoms with Gasteiger partial charge in [-0.2, -0.15) is 0 Å². The van der Waals surface area contributed by atoms with Gasteiger partial charge in [-0.3, -0.25) is 4.79 Å². The topological polar surface area (TPSA) is 38.3 Å². The normalized spacial score (nSPS) is 10.7. The molecule has 1 rings (SSSR count). The zero-order valence-electron chi connectivity index (χ0n) is 10.3. The average molecular weight is 255 g/mol. The molecule has 1 aromatic carbocycles. The van der Waals surface area contributed by atoms with Gasteiger partial charge in [-0.1, -0.05) is 12.2 Å². The highest BCUT2D eigenvalue weighted by Gasteiger charge is 2.07. The summed E-state index contributed by atoms with van der Waals surface area (Å²) >= 11 is 0. The van der Waals surface area contributed by atoms with Crippen LogP contribution < -0.4 is 10.1 Å². The molecular formula is C13H15F2NO2. The number of methoxy groups -OCH3 is 1. The van der Waals surface area contributed by atoms with Gasteiger partial charge in [0, 0.05) is 25.1 Å². The molecule has 0 aliphatic heterocycles. The molecule has 0 fully saturated rings. The summed E-state index contributed by atoms with van der Waals surface area (Å²) in [6.07, 6.45) is 3.98. The quantitative estimate of drug-likeness (QED) is 0.821. The largest absolute Gasteiger partial charge is 0.496 e. The third-order valence-electron chi connectivity index (χ3n) is 2.25. The number of hydrogen-bond acceptors (Lipinski definition) is 2. The van der Waals surface area contributed by atoms with Crippen LogP contribution in [0.4, 0.5) is 8.78 Å². The summed E-state index contributed by atoms with van der Waals surface area (Å²) < 4.78 is 31.0. The third kappa shape index (κ3) is 4.16. The van der Waals surface area contributed by atoms with Crippen LogP contribution in [0.25, 0.3) is 6.08 Å². The van der Waals surface area contributed by atoms with Crippen LogP contribution in [0.1, 0.15) is 18.9 Å². The monoisotopic (exact) mass is 255 g/mol. The van der Waals surface area contributed by atoms with E-state index in [1.807, 2.05) is 0 Å². The lowest BCUT2D eigenvalue weighted by Crippen LogP contribution is -2.20. The molecule has 98 valence electrons. The second kappa shape index (κ2) is 6.74. The van der Waals surface area contributed by atoms with E-state index in [1.54, 1.807) is 12.2 Å². The Morgan fingerprint density at radius 1 is 1.39 bits per heavy atom. The van der Waals surface area contributed by atoms with Gasteiger partial charge in [-0.15, -0.1) is 0 Å². The van der Waals surface area contributed by atoms with Crippen molar-refractivity contribution in [3.05, 3.63) is 35.4 Å². The van der Waals surface area contributed by atoms with Gasteiger partial charge in [0.25, 0.3) is 0 Å². The lowest BCUT2D eigenvalue weighted by molar-refractivity contribution is -0.118. The Hall–Kier alpha value is -1.91. The Balaban J connectivity index is 2.68. The molecule has 0 aliphatic carbocycles. The maximum atomic E-state index is 13.1. The molecule has 5 heteroatoms. The Kier molecular flexibility index (Phi) is 5.30. The summed E-state index contributed by atoms with van der Waals surface area (Å²) in [7, 11) is 1.39. The Morgan fingerprint density at radius 3 is 2.67 bits per heavy atom. The number of amides is 1. The molecule has 0 aromatic heterocycles. The van der Waals surface area contributed by atoms with Gasteiger partial charge in [0.1, 0.15) is 5.75 Å². The molecule has 1 amide bonds. The van der Waals surface area contributed by atoms with Gasteiger partial charge in [-0.05, 0) is 12.5 Å². The lowest BCUT2D eigenvalue weighted by atomic mass is 10.1. The van der Waals surface area contributed by atoms with E-state index in [1.165, 1.54) is 14.0 Å². The average Bonchev–Trinajstić information content (AvgIpc) is 2.32. The van der Waals surface area contributed by atoms with Crippen molar-refractivity contribution in [3.63, 3.8) is 0 Å². The van der Waals surface area contributed by atoms with E-state index >= 15 is 0 Å². The van der Waals surface area contributed by atoms with E-state index < -0.39 is 11.6 Å². The van der Waals surface area contributed by atoms with E-state index in [-0.39, 0.29) is 11.7 Å². The van der Waals surface area contributed by atoms with Crippen LogP contribution in [0.3, 0.4) is 0 Å². The maximum absolute atomic E-state index is 13.1. The molecule has 0 atom stereocenters. The van der Waals surface area contributed by atoms with E-state index in [4.69, 9.17) is 4.74 Å². The van der Waals surface area contributed by atoms with E-state index in [0.717, 1.165) is 12.1 Å². The first-order valence-electron chi connectivity index (χ1n) is 5.48. The first-order chi connectivity index (χ1) is 8.54. The van der Waals surface area contributed by atoms with Crippen LogP contribution in [0.2, 0.25) is 0 Å². The summed E-state index contributed by atoms with van der Waals surface area (Å²) in [5.74, 6) is -1.70. The number of halogens is 2. The highest BCUT2D eigenvalue weighted by Crippen LogP contribution is 2.23. The SMILES string of the molecule is COc1cc(F)c(F)cc1C=CCCNC(C)=O. The highest BCUT2D eigenvalue weighted by atomic mass is 19.2. The Bertz CT molecular complexity index is 459. The van der Waals surface area contributed by atoms with Crippen molar-refractivity contribution in [2.45, 2.75) is 13.3 Å². The fraction of sp³-hybridized carbons (Fsp3) is 0.308. The summed E-state index contributed by atoms with van der Waals surface area (Å²) in [6, 6.07) is 2.08. The van der Waals surface area contributed by atoms with Gasteiger partial charge < -0.3 is 10.1 Å². The molecular weight excluding hydrogens is 240 g/mol. The molecule has 0 radical (unpaired) electrons. The van der Waals surface area contributed by atoms with Gasteiger partial charge in [-0.25, -0.2) is 8.78 Å². The fourth-order valence-corrected chi connectivity index (χ4v) is 1.39. The van der Waals surface area contributed by atoms with Crippen LogP contribution in [-0.4, -0.2) is 19.6 Å². The summed E-state index contributed by atoms with van der Waals surface area (Å²) in [5, 5.41) is 2.63. The Morgan fingerprint density at radius 2 is 2.06 bits per heavy atom. The molecule has 1 aromatic rings. The highest BCUT2D eigenvalue weighted by molar-refractivity contribution is 5.72. The minimum Gasteiger partial charge on any atom is -0.496 e. The van der Waals surface area contributed by atoms with E-state index in [0.29, 0.717) is 18.5 Å². The van der Waals surface area contributed by atoms with Gasteiger partial charge in [0.15, 0.2) is 11.6 Å². The van der Waals surface area contributed by atoms with E-state index in [9.17, 15) is 13.6 Å². The molecule has 0 heterocycles. The second-order valence-corrected chi connectivity index (χ2v) is 3.68. The summed E-state index contributed by atoms with van der Waals surface area (Å²) in [6.45, 7) is 1.93. The van der Waals surface area contributed by atoms with Crippen LogP contribution >= 0.6 is 0 Å². The van der Waals surface area contributed by atoms with Crippen molar-refractivity contribution < 1.29 is 18.3 Å².